The highest BCUT2D eigenvalue weighted by Crippen LogP contribution is 2.37. The van der Waals surface area contributed by atoms with Crippen molar-refractivity contribution in [3.8, 4) is 67.0 Å². The lowest BCUT2D eigenvalue weighted by molar-refractivity contribution is -0.116. The van der Waals surface area contributed by atoms with Gasteiger partial charge in [0.05, 0.1) is 11.4 Å². The number of hydrogen-bond acceptors (Lipinski definition) is 3. The van der Waals surface area contributed by atoms with Crippen molar-refractivity contribution in [3.63, 3.8) is 0 Å². The van der Waals surface area contributed by atoms with Gasteiger partial charge in [-0.25, -0.2) is 0 Å². The van der Waals surface area contributed by atoms with Gasteiger partial charge in [-0.3, -0.25) is 14.8 Å². The Bertz CT molecular complexity index is 2300. The summed E-state index contributed by atoms with van der Waals surface area (Å²) < 4.78 is 0. The van der Waals surface area contributed by atoms with Gasteiger partial charge in [0.15, 0.2) is 0 Å². The normalized spacial score (nSPS) is 11.7. The number of rotatable bonds is 8. The Hall–Kier alpha value is -6.13. The number of carbonyl (C=O) groups excluding carboxylic acids is 1. The number of amides is 1. The molecule has 0 aliphatic carbocycles. The summed E-state index contributed by atoms with van der Waals surface area (Å²) in [4.78, 5) is 24.3. The second-order valence-corrected chi connectivity index (χ2v) is 16.6. The average molecular weight is 734 g/mol. The van der Waals surface area contributed by atoms with E-state index in [0.717, 1.165) is 61.6 Å². The molecule has 280 valence electrons. The number of benzene rings is 5. The van der Waals surface area contributed by atoms with Crippen molar-refractivity contribution >= 4 is 11.6 Å². The van der Waals surface area contributed by atoms with E-state index in [1.54, 1.807) is 6.92 Å². The van der Waals surface area contributed by atoms with Gasteiger partial charge in [-0.05, 0) is 92.6 Å². The van der Waals surface area contributed by atoms with Crippen LogP contribution in [0.5, 0.6) is 0 Å². The first-order valence-corrected chi connectivity index (χ1v) is 19.6. The van der Waals surface area contributed by atoms with E-state index in [-0.39, 0.29) is 16.7 Å². The van der Waals surface area contributed by atoms with Crippen LogP contribution in [0.2, 0.25) is 0 Å². The highest BCUT2D eigenvalue weighted by atomic mass is 16.2. The quantitative estimate of drug-likeness (QED) is 0.156. The molecule has 0 N–H and O–H groups in total. The van der Waals surface area contributed by atoms with E-state index >= 15 is 0 Å². The highest BCUT2D eigenvalue weighted by Gasteiger charge is 2.20. The maximum atomic E-state index is 12.8. The number of anilines is 1. The summed E-state index contributed by atoms with van der Waals surface area (Å²) in [6.45, 7) is 17.7. The molecule has 0 spiro atoms. The van der Waals surface area contributed by atoms with E-state index in [2.05, 4.69) is 181 Å². The highest BCUT2D eigenvalue weighted by molar-refractivity contribution is 5.94. The number of pyridine rings is 2. The van der Waals surface area contributed by atoms with Gasteiger partial charge in [0.25, 0.3) is 0 Å². The Kier molecular flexibility index (Phi) is 10.6. The lowest BCUT2D eigenvalue weighted by Gasteiger charge is -2.23. The molecule has 7 aromatic rings. The van der Waals surface area contributed by atoms with Gasteiger partial charge >= 0.3 is 0 Å². The predicted octanol–water partition coefficient (Wildman–Crippen LogP) is 13.4. The maximum absolute atomic E-state index is 12.8. The Balaban J connectivity index is 1.16. The molecule has 0 atom stereocenters. The van der Waals surface area contributed by atoms with Gasteiger partial charge in [0.1, 0.15) is 0 Å². The number of aromatic nitrogens is 2. The Labute approximate surface area is 333 Å². The molecule has 0 radical (unpaired) electrons. The summed E-state index contributed by atoms with van der Waals surface area (Å²) in [5.74, 6) is 0.0144. The Morgan fingerprint density at radius 1 is 0.482 bits per heavy atom. The molecular formula is C52H51N3O. The Morgan fingerprint density at radius 3 is 1.20 bits per heavy atom. The predicted molar refractivity (Wildman–Crippen MR) is 236 cm³/mol. The standard InChI is InChI=1S/C52H51N3O/c1-9-55(35(2)56)44-31-42(36-18-22-38(23-19-36)49-28-26-40(33-53-49)45-14-10-12-16-47(45)51(3,4)5)30-43(32-44)37-20-24-39(25-21-37)50-29-27-41(34-54-50)46-15-11-13-17-48(46)52(6,7)8/h10-34H,9H2,1-8H3. The zero-order chi connectivity index (χ0) is 39.6. The first kappa shape index (κ1) is 38.2. The summed E-state index contributed by atoms with van der Waals surface area (Å²) >= 11 is 0. The van der Waals surface area contributed by atoms with Gasteiger partial charge in [0, 0.05) is 53.8 Å². The molecular weight excluding hydrogens is 683 g/mol. The second kappa shape index (κ2) is 15.5. The van der Waals surface area contributed by atoms with E-state index in [4.69, 9.17) is 9.97 Å². The minimum atomic E-state index is 0.0144. The van der Waals surface area contributed by atoms with Crippen LogP contribution in [-0.2, 0) is 15.6 Å². The first-order chi connectivity index (χ1) is 26.8. The Morgan fingerprint density at radius 2 is 0.857 bits per heavy atom. The fourth-order valence-electron chi connectivity index (χ4n) is 7.58. The molecule has 56 heavy (non-hydrogen) atoms. The molecule has 0 aliphatic rings. The molecule has 4 heteroatoms. The summed E-state index contributed by atoms with van der Waals surface area (Å²) in [6, 6.07) is 49.2. The zero-order valence-electron chi connectivity index (χ0n) is 33.9. The van der Waals surface area contributed by atoms with Crippen LogP contribution in [0.25, 0.3) is 67.0 Å². The van der Waals surface area contributed by atoms with E-state index in [0.29, 0.717) is 6.54 Å². The van der Waals surface area contributed by atoms with Crippen LogP contribution in [0.4, 0.5) is 5.69 Å². The summed E-state index contributed by atoms with van der Waals surface area (Å²) in [6.07, 6.45) is 3.96. The van der Waals surface area contributed by atoms with E-state index in [9.17, 15) is 4.79 Å². The molecule has 7 rings (SSSR count). The molecule has 5 aromatic carbocycles. The van der Waals surface area contributed by atoms with Crippen LogP contribution in [0.3, 0.4) is 0 Å². The molecule has 0 aliphatic heterocycles. The van der Waals surface area contributed by atoms with Gasteiger partial charge in [0.2, 0.25) is 5.91 Å². The van der Waals surface area contributed by atoms with Crippen molar-refractivity contribution in [2.24, 2.45) is 0 Å². The third kappa shape index (κ3) is 8.11. The van der Waals surface area contributed by atoms with Crippen molar-refractivity contribution in [2.75, 3.05) is 11.4 Å². The minimum absolute atomic E-state index is 0.0144. The van der Waals surface area contributed by atoms with Gasteiger partial charge < -0.3 is 4.90 Å². The van der Waals surface area contributed by atoms with Crippen molar-refractivity contribution in [1.82, 2.24) is 9.97 Å². The zero-order valence-corrected chi connectivity index (χ0v) is 33.9. The molecule has 0 saturated carbocycles. The average Bonchev–Trinajstić information content (AvgIpc) is 3.20. The molecule has 4 nitrogen and oxygen atoms in total. The monoisotopic (exact) mass is 733 g/mol. The van der Waals surface area contributed by atoms with Crippen LogP contribution in [0.1, 0.15) is 66.5 Å². The molecule has 0 saturated heterocycles. The second-order valence-electron chi connectivity index (χ2n) is 16.6. The van der Waals surface area contributed by atoms with Crippen LogP contribution < -0.4 is 4.90 Å². The van der Waals surface area contributed by atoms with Crippen LogP contribution in [-0.4, -0.2) is 22.4 Å². The number of hydrogen-bond donors (Lipinski definition) is 0. The SMILES string of the molecule is CCN(C(C)=O)c1cc(-c2ccc(-c3ccc(-c4ccccc4C(C)(C)C)cn3)cc2)cc(-c2ccc(-c3ccc(-c4ccccc4C(C)(C)C)cn3)cc2)c1. The van der Waals surface area contributed by atoms with E-state index in [1.807, 2.05) is 24.2 Å². The maximum Gasteiger partial charge on any atom is 0.223 e. The van der Waals surface area contributed by atoms with Crippen molar-refractivity contribution in [1.29, 1.82) is 0 Å². The lowest BCUT2D eigenvalue weighted by atomic mass is 9.82. The van der Waals surface area contributed by atoms with Crippen molar-refractivity contribution < 1.29 is 4.79 Å². The van der Waals surface area contributed by atoms with Crippen molar-refractivity contribution in [3.05, 3.63) is 163 Å². The summed E-state index contributed by atoms with van der Waals surface area (Å²) in [5, 5.41) is 0. The van der Waals surface area contributed by atoms with E-state index in [1.165, 1.54) is 22.3 Å². The topological polar surface area (TPSA) is 46.1 Å². The first-order valence-electron chi connectivity index (χ1n) is 19.6. The third-order valence-electron chi connectivity index (χ3n) is 10.6. The van der Waals surface area contributed by atoms with Gasteiger partial charge in [-0.1, -0.05) is 151 Å². The largest absolute Gasteiger partial charge is 0.313 e. The number of carbonyl (C=O) groups is 1. The van der Waals surface area contributed by atoms with E-state index < -0.39 is 0 Å². The molecule has 0 unspecified atom stereocenters. The molecule has 2 heterocycles. The summed E-state index contributed by atoms with van der Waals surface area (Å²) in [7, 11) is 0. The molecule has 1 amide bonds. The molecule has 0 bridgehead atoms. The van der Waals surface area contributed by atoms with Crippen molar-refractivity contribution in [2.45, 2.75) is 66.2 Å². The van der Waals surface area contributed by atoms with Crippen LogP contribution in [0, 0.1) is 0 Å². The van der Waals surface area contributed by atoms with Gasteiger partial charge in [-0.2, -0.15) is 0 Å². The van der Waals surface area contributed by atoms with Gasteiger partial charge in [-0.15, -0.1) is 0 Å². The smallest absolute Gasteiger partial charge is 0.223 e. The third-order valence-corrected chi connectivity index (χ3v) is 10.6. The van der Waals surface area contributed by atoms with Crippen LogP contribution >= 0.6 is 0 Å². The van der Waals surface area contributed by atoms with Crippen LogP contribution in [0.15, 0.2) is 152 Å². The summed E-state index contributed by atoms with van der Waals surface area (Å²) in [5.41, 5.74) is 16.4. The fraction of sp³-hybridized carbons (Fsp3) is 0.212. The minimum Gasteiger partial charge on any atom is -0.313 e. The molecule has 0 fully saturated rings. The fourth-order valence-corrected chi connectivity index (χ4v) is 7.58. The molecule has 2 aromatic heterocycles. The number of nitrogens with zero attached hydrogens (tertiary/aromatic N) is 3. The lowest BCUT2D eigenvalue weighted by Crippen LogP contribution is -2.27.